The normalized spacial score (nSPS) is 15.3. The van der Waals surface area contributed by atoms with Crippen LogP contribution in [0.5, 0.6) is 11.5 Å². The molecule has 1 aliphatic heterocycles. The van der Waals surface area contributed by atoms with E-state index >= 15 is 0 Å². The van der Waals surface area contributed by atoms with Crippen molar-refractivity contribution in [3.63, 3.8) is 0 Å². The highest BCUT2D eigenvalue weighted by atomic mass is 19.1. The summed E-state index contributed by atoms with van der Waals surface area (Å²) >= 11 is 0. The number of carbonyl (C=O) groups is 1. The lowest BCUT2D eigenvalue weighted by atomic mass is 10.0. The molecule has 168 valence electrons. The molecule has 0 spiro atoms. The first-order chi connectivity index (χ1) is 15.1. The van der Waals surface area contributed by atoms with E-state index in [1.807, 2.05) is 13.8 Å². The first kappa shape index (κ1) is 23.0. The Bertz CT molecular complexity index is 838. The molecule has 0 bridgehead atoms. The first-order valence-corrected chi connectivity index (χ1v) is 10.9. The number of rotatable bonds is 10. The second-order valence-electron chi connectivity index (χ2n) is 7.37. The maximum atomic E-state index is 13.4. The number of hydrogen-bond donors (Lipinski definition) is 1. The van der Waals surface area contributed by atoms with Crippen molar-refractivity contribution in [1.29, 1.82) is 0 Å². The molecule has 1 aliphatic rings. The highest BCUT2D eigenvalue weighted by molar-refractivity contribution is 5.94. The molecule has 0 aromatic heterocycles. The summed E-state index contributed by atoms with van der Waals surface area (Å²) < 4.78 is 30.2. The number of amides is 1. The summed E-state index contributed by atoms with van der Waals surface area (Å²) in [6.45, 7) is 8.21. The lowest BCUT2D eigenvalue weighted by Gasteiger charge is -2.35. The Morgan fingerprint density at radius 1 is 1.10 bits per heavy atom. The van der Waals surface area contributed by atoms with Crippen LogP contribution in [-0.2, 0) is 4.74 Å². The van der Waals surface area contributed by atoms with E-state index in [0.29, 0.717) is 50.0 Å². The zero-order valence-corrected chi connectivity index (χ0v) is 18.2. The fourth-order valence-electron chi connectivity index (χ4n) is 3.57. The van der Waals surface area contributed by atoms with Gasteiger partial charge in [0.15, 0.2) is 11.5 Å². The SMILES string of the molecule is CCCOc1ccc(C(=O)NCC(c2ccc(F)cc2)N2CCOCC2)cc1OCC. The van der Waals surface area contributed by atoms with Crippen molar-refractivity contribution >= 4 is 5.91 Å². The van der Waals surface area contributed by atoms with Gasteiger partial charge in [-0.25, -0.2) is 4.39 Å². The van der Waals surface area contributed by atoms with Crippen LogP contribution in [0.1, 0.15) is 42.2 Å². The lowest BCUT2D eigenvalue weighted by Crippen LogP contribution is -2.43. The molecule has 0 saturated carbocycles. The number of benzene rings is 2. The van der Waals surface area contributed by atoms with Gasteiger partial charge in [0.25, 0.3) is 5.91 Å². The third-order valence-corrected chi connectivity index (χ3v) is 5.16. The van der Waals surface area contributed by atoms with E-state index < -0.39 is 0 Å². The van der Waals surface area contributed by atoms with Gasteiger partial charge < -0.3 is 19.5 Å². The van der Waals surface area contributed by atoms with Crippen molar-refractivity contribution in [2.75, 3.05) is 46.1 Å². The van der Waals surface area contributed by atoms with Crippen LogP contribution in [0.25, 0.3) is 0 Å². The fourth-order valence-corrected chi connectivity index (χ4v) is 3.57. The monoisotopic (exact) mass is 430 g/mol. The molecule has 1 saturated heterocycles. The van der Waals surface area contributed by atoms with Crippen LogP contribution in [0.3, 0.4) is 0 Å². The van der Waals surface area contributed by atoms with Crippen molar-refractivity contribution in [3.05, 3.63) is 59.4 Å². The summed E-state index contributed by atoms with van der Waals surface area (Å²) in [6.07, 6.45) is 0.889. The third-order valence-electron chi connectivity index (χ3n) is 5.16. The summed E-state index contributed by atoms with van der Waals surface area (Å²) in [5.41, 5.74) is 1.47. The van der Waals surface area contributed by atoms with Gasteiger partial charge in [-0.2, -0.15) is 0 Å². The highest BCUT2D eigenvalue weighted by Gasteiger charge is 2.23. The Labute approximate surface area is 183 Å². The molecule has 0 aliphatic carbocycles. The van der Waals surface area contributed by atoms with Gasteiger partial charge in [0.05, 0.1) is 32.5 Å². The minimum Gasteiger partial charge on any atom is -0.490 e. The fraction of sp³-hybridized carbons (Fsp3) is 0.458. The average molecular weight is 431 g/mol. The van der Waals surface area contributed by atoms with Crippen LogP contribution >= 0.6 is 0 Å². The van der Waals surface area contributed by atoms with Gasteiger partial charge in [0, 0.05) is 25.2 Å². The Balaban J connectivity index is 1.72. The molecule has 1 amide bonds. The quantitative estimate of drug-likeness (QED) is 0.621. The highest BCUT2D eigenvalue weighted by Crippen LogP contribution is 2.29. The molecule has 1 atom stereocenters. The topological polar surface area (TPSA) is 60.0 Å². The van der Waals surface area contributed by atoms with Crippen molar-refractivity contribution < 1.29 is 23.4 Å². The predicted molar refractivity (Wildman–Crippen MR) is 117 cm³/mol. The van der Waals surface area contributed by atoms with Gasteiger partial charge in [-0.1, -0.05) is 19.1 Å². The van der Waals surface area contributed by atoms with E-state index in [2.05, 4.69) is 10.2 Å². The molecule has 2 aromatic carbocycles. The summed E-state index contributed by atoms with van der Waals surface area (Å²) in [4.78, 5) is 15.1. The number of carbonyl (C=O) groups excluding carboxylic acids is 1. The Morgan fingerprint density at radius 2 is 1.84 bits per heavy atom. The van der Waals surface area contributed by atoms with Crippen molar-refractivity contribution in [3.8, 4) is 11.5 Å². The summed E-state index contributed by atoms with van der Waals surface area (Å²) in [5.74, 6) is 0.732. The van der Waals surface area contributed by atoms with Gasteiger partial charge in [0.1, 0.15) is 5.82 Å². The number of nitrogens with one attached hydrogen (secondary N) is 1. The summed E-state index contributed by atoms with van der Waals surface area (Å²) in [6, 6.07) is 11.6. The number of hydrogen-bond acceptors (Lipinski definition) is 5. The first-order valence-electron chi connectivity index (χ1n) is 10.9. The van der Waals surface area contributed by atoms with E-state index in [4.69, 9.17) is 14.2 Å². The molecule has 1 N–H and O–H groups in total. The van der Waals surface area contributed by atoms with E-state index in [9.17, 15) is 9.18 Å². The molecular weight excluding hydrogens is 399 g/mol. The van der Waals surface area contributed by atoms with E-state index in [1.54, 1.807) is 30.3 Å². The second kappa shape index (κ2) is 11.7. The van der Waals surface area contributed by atoms with Crippen molar-refractivity contribution in [1.82, 2.24) is 10.2 Å². The molecule has 2 aromatic rings. The minimum atomic E-state index is -0.276. The maximum absolute atomic E-state index is 13.4. The lowest BCUT2D eigenvalue weighted by molar-refractivity contribution is 0.0162. The average Bonchev–Trinajstić information content (AvgIpc) is 2.80. The molecule has 31 heavy (non-hydrogen) atoms. The standard InChI is InChI=1S/C24H31FN2O4/c1-3-13-31-22-10-7-19(16-23(22)30-4-2)24(28)26-17-21(27-11-14-29-15-12-27)18-5-8-20(25)9-6-18/h5-10,16,21H,3-4,11-15,17H2,1-2H3,(H,26,28). The van der Waals surface area contributed by atoms with Crippen molar-refractivity contribution in [2.45, 2.75) is 26.3 Å². The largest absolute Gasteiger partial charge is 0.490 e. The maximum Gasteiger partial charge on any atom is 0.251 e. The number of halogens is 1. The van der Waals surface area contributed by atoms with Crippen LogP contribution in [0.15, 0.2) is 42.5 Å². The molecule has 1 unspecified atom stereocenters. The molecule has 6 nitrogen and oxygen atoms in total. The van der Waals surface area contributed by atoms with E-state index in [0.717, 1.165) is 25.1 Å². The molecule has 1 heterocycles. The predicted octanol–water partition coefficient (Wildman–Crippen LogP) is 3.82. The smallest absolute Gasteiger partial charge is 0.251 e. The Kier molecular flexibility index (Phi) is 8.67. The van der Waals surface area contributed by atoms with E-state index in [1.165, 1.54) is 12.1 Å². The van der Waals surface area contributed by atoms with Gasteiger partial charge >= 0.3 is 0 Å². The number of ether oxygens (including phenoxy) is 3. The molecule has 1 fully saturated rings. The molecule has 7 heteroatoms. The summed E-state index contributed by atoms with van der Waals surface area (Å²) in [7, 11) is 0. The third kappa shape index (κ3) is 6.42. The molecular formula is C24H31FN2O4. The zero-order valence-electron chi connectivity index (χ0n) is 18.2. The van der Waals surface area contributed by atoms with E-state index in [-0.39, 0.29) is 17.8 Å². The van der Waals surface area contributed by atoms with Crippen LogP contribution in [0.4, 0.5) is 4.39 Å². The molecule has 3 rings (SSSR count). The number of nitrogens with zero attached hydrogens (tertiary/aromatic N) is 1. The van der Waals surface area contributed by atoms with Gasteiger partial charge in [0.2, 0.25) is 0 Å². The van der Waals surface area contributed by atoms with Gasteiger partial charge in [-0.05, 0) is 49.2 Å². The van der Waals surface area contributed by atoms with Crippen LogP contribution < -0.4 is 14.8 Å². The Hall–Kier alpha value is -2.64. The summed E-state index contributed by atoms with van der Waals surface area (Å²) in [5, 5.41) is 3.03. The molecule has 0 radical (unpaired) electrons. The zero-order chi connectivity index (χ0) is 22.1. The van der Waals surface area contributed by atoms with Crippen LogP contribution in [-0.4, -0.2) is 56.9 Å². The minimum absolute atomic E-state index is 0.0630. The van der Waals surface area contributed by atoms with Crippen molar-refractivity contribution in [2.24, 2.45) is 0 Å². The number of morpholine rings is 1. The Morgan fingerprint density at radius 3 is 2.52 bits per heavy atom. The van der Waals surface area contributed by atoms with Crippen LogP contribution in [0, 0.1) is 5.82 Å². The van der Waals surface area contributed by atoms with Gasteiger partial charge in [-0.15, -0.1) is 0 Å². The second-order valence-corrected chi connectivity index (χ2v) is 7.37. The van der Waals surface area contributed by atoms with Gasteiger partial charge in [-0.3, -0.25) is 9.69 Å². The van der Waals surface area contributed by atoms with Crippen LogP contribution in [0.2, 0.25) is 0 Å².